The van der Waals surface area contributed by atoms with E-state index in [-0.39, 0.29) is 5.91 Å². The molecule has 1 atom stereocenters. The zero-order valence-electron chi connectivity index (χ0n) is 12.9. The number of rotatable bonds is 5. The van der Waals surface area contributed by atoms with Gasteiger partial charge in [0.15, 0.2) is 0 Å². The SMILES string of the molecule is CCc1nn(C)c(CC)c1CC(=O)N1CCC(C(=O)O)C1. The van der Waals surface area contributed by atoms with E-state index in [9.17, 15) is 9.59 Å². The standard InChI is InChI=1S/C15H23N3O3/c1-4-12-11(13(5-2)17(3)16-12)8-14(19)18-7-6-10(9-18)15(20)21/h10H,4-9H2,1-3H3,(H,20,21). The molecule has 1 fully saturated rings. The Morgan fingerprint density at radius 1 is 1.33 bits per heavy atom. The van der Waals surface area contributed by atoms with Crippen LogP contribution < -0.4 is 0 Å². The molecule has 1 aromatic rings. The van der Waals surface area contributed by atoms with Gasteiger partial charge in [0, 0.05) is 31.4 Å². The molecule has 0 bridgehead atoms. The van der Waals surface area contributed by atoms with Crippen molar-refractivity contribution >= 4 is 11.9 Å². The lowest BCUT2D eigenvalue weighted by Gasteiger charge is -2.16. The molecule has 2 rings (SSSR count). The third-order valence-corrected chi connectivity index (χ3v) is 4.25. The highest BCUT2D eigenvalue weighted by Gasteiger charge is 2.31. The number of likely N-dealkylation sites (tertiary alicyclic amines) is 1. The molecule has 1 aliphatic rings. The lowest BCUT2D eigenvalue weighted by atomic mass is 10.1. The second-order valence-electron chi connectivity index (χ2n) is 5.54. The molecule has 6 nitrogen and oxygen atoms in total. The molecule has 1 aliphatic heterocycles. The van der Waals surface area contributed by atoms with E-state index < -0.39 is 11.9 Å². The average molecular weight is 293 g/mol. The largest absolute Gasteiger partial charge is 0.481 e. The van der Waals surface area contributed by atoms with E-state index in [1.54, 1.807) is 4.90 Å². The Kier molecular flexibility index (Phi) is 4.65. The Morgan fingerprint density at radius 3 is 2.57 bits per heavy atom. The number of hydrogen-bond donors (Lipinski definition) is 1. The highest BCUT2D eigenvalue weighted by Crippen LogP contribution is 2.21. The summed E-state index contributed by atoms with van der Waals surface area (Å²) in [6, 6.07) is 0. The number of hydrogen-bond acceptors (Lipinski definition) is 3. The number of carboxylic acid groups (broad SMARTS) is 1. The summed E-state index contributed by atoms with van der Waals surface area (Å²) >= 11 is 0. The zero-order chi connectivity index (χ0) is 15.6. The zero-order valence-corrected chi connectivity index (χ0v) is 12.9. The molecule has 116 valence electrons. The van der Waals surface area contributed by atoms with Crippen molar-refractivity contribution in [3.05, 3.63) is 17.0 Å². The highest BCUT2D eigenvalue weighted by atomic mass is 16.4. The third-order valence-electron chi connectivity index (χ3n) is 4.25. The van der Waals surface area contributed by atoms with Crippen LogP contribution in [0.5, 0.6) is 0 Å². The summed E-state index contributed by atoms with van der Waals surface area (Å²) in [4.78, 5) is 25.1. The van der Waals surface area contributed by atoms with Gasteiger partial charge in [-0.1, -0.05) is 13.8 Å². The van der Waals surface area contributed by atoms with Crippen molar-refractivity contribution < 1.29 is 14.7 Å². The van der Waals surface area contributed by atoms with Crippen molar-refractivity contribution in [2.24, 2.45) is 13.0 Å². The van der Waals surface area contributed by atoms with E-state index in [0.717, 1.165) is 29.8 Å². The highest BCUT2D eigenvalue weighted by molar-refractivity contribution is 5.81. The summed E-state index contributed by atoms with van der Waals surface area (Å²) in [6.07, 6.45) is 2.51. The van der Waals surface area contributed by atoms with Gasteiger partial charge in [-0.2, -0.15) is 5.10 Å². The van der Waals surface area contributed by atoms with Crippen LogP contribution in [0.3, 0.4) is 0 Å². The first-order chi connectivity index (χ1) is 9.97. The van der Waals surface area contributed by atoms with Crippen molar-refractivity contribution in [3.8, 4) is 0 Å². The smallest absolute Gasteiger partial charge is 0.308 e. The molecule has 0 aliphatic carbocycles. The summed E-state index contributed by atoms with van der Waals surface area (Å²) in [5.41, 5.74) is 3.08. The number of carboxylic acids is 1. The molecule has 1 unspecified atom stereocenters. The minimum atomic E-state index is -0.810. The summed E-state index contributed by atoms with van der Waals surface area (Å²) in [5, 5.41) is 13.5. The first kappa shape index (κ1) is 15.5. The van der Waals surface area contributed by atoms with Gasteiger partial charge in [-0.25, -0.2) is 0 Å². The molecule has 1 amide bonds. The third kappa shape index (κ3) is 3.09. The van der Waals surface area contributed by atoms with Gasteiger partial charge in [0.05, 0.1) is 18.0 Å². The Morgan fingerprint density at radius 2 is 2.05 bits per heavy atom. The fraction of sp³-hybridized carbons (Fsp3) is 0.667. The second kappa shape index (κ2) is 6.28. The molecule has 1 N–H and O–H groups in total. The van der Waals surface area contributed by atoms with Crippen LogP contribution in [0.4, 0.5) is 0 Å². The summed E-state index contributed by atoms with van der Waals surface area (Å²) in [6.45, 7) is 4.96. The predicted molar refractivity (Wildman–Crippen MR) is 78.0 cm³/mol. The van der Waals surface area contributed by atoms with Crippen LogP contribution >= 0.6 is 0 Å². The molecular formula is C15H23N3O3. The minimum absolute atomic E-state index is 0.0103. The summed E-state index contributed by atoms with van der Waals surface area (Å²) in [5.74, 6) is -1.22. The number of aryl methyl sites for hydroxylation is 2. The van der Waals surface area contributed by atoms with Crippen LogP contribution in [0.15, 0.2) is 0 Å². The van der Waals surface area contributed by atoms with Gasteiger partial charge in [0.1, 0.15) is 0 Å². The van der Waals surface area contributed by atoms with Crippen molar-refractivity contribution in [1.82, 2.24) is 14.7 Å². The van der Waals surface area contributed by atoms with Gasteiger partial charge in [0.2, 0.25) is 5.91 Å². The quantitative estimate of drug-likeness (QED) is 0.879. The van der Waals surface area contributed by atoms with Crippen LogP contribution in [0.25, 0.3) is 0 Å². The van der Waals surface area contributed by atoms with Crippen molar-refractivity contribution in [3.63, 3.8) is 0 Å². The molecule has 2 heterocycles. The van der Waals surface area contributed by atoms with E-state index in [4.69, 9.17) is 5.11 Å². The van der Waals surface area contributed by atoms with E-state index in [0.29, 0.717) is 25.9 Å². The Hall–Kier alpha value is -1.85. The van der Waals surface area contributed by atoms with Gasteiger partial charge in [0.25, 0.3) is 0 Å². The molecule has 6 heteroatoms. The normalized spacial score (nSPS) is 18.2. The monoisotopic (exact) mass is 293 g/mol. The van der Waals surface area contributed by atoms with E-state index in [1.807, 2.05) is 18.7 Å². The van der Waals surface area contributed by atoms with Crippen molar-refractivity contribution in [1.29, 1.82) is 0 Å². The first-order valence-corrected chi connectivity index (χ1v) is 7.52. The van der Waals surface area contributed by atoms with Crippen molar-refractivity contribution in [2.75, 3.05) is 13.1 Å². The molecule has 0 radical (unpaired) electrons. The van der Waals surface area contributed by atoms with Crippen LogP contribution in [-0.2, 0) is 35.9 Å². The number of amides is 1. The molecule has 0 saturated carbocycles. The van der Waals surface area contributed by atoms with Crippen LogP contribution in [-0.4, -0.2) is 44.8 Å². The molecule has 1 saturated heterocycles. The molecular weight excluding hydrogens is 270 g/mol. The lowest BCUT2D eigenvalue weighted by molar-refractivity contribution is -0.141. The van der Waals surface area contributed by atoms with E-state index in [1.165, 1.54) is 0 Å². The van der Waals surface area contributed by atoms with Crippen LogP contribution in [0.1, 0.15) is 37.2 Å². The Labute approximate surface area is 124 Å². The van der Waals surface area contributed by atoms with Gasteiger partial charge in [-0.3, -0.25) is 14.3 Å². The number of carbonyl (C=O) groups is 2. The maximum Gasteiger partial charge on any atom is 0.308 e. The Balaban J connectivity index is 2.12. The summed E-state index contributed by atoms with van der Waals surface area (Å²) in [7, 11) is 1.91. The van der Waals surface area contributed by atoms with Crippen molar-refractivity contribution in [2.45, 2.75) is 39.5 Å². The average Bonchev–Trinajstić information content (AvgIpc) is 3.04. The maximum atomic E-state index is 12.4. The van der Waals surface area contributed by atoms with E-state index >= 15 is 0 Å². The first-order valence-electron chi connectivity index (χ1n) is 7.52. The fourth-order valence-electron chi connectivity index (χ4n) is 3.05. The van der Waals surface area contributed by atoms with Crippen LogP contribution in [0, 0.1) is 5.92 Å². The van der Waals surface area contributed by atoms with Gasteiger partial charge >= 0.3 is 5.97 Å². The number of carbonyl (C=O) groups excluding carboxylic acids is 1. The molecule has 0 aromatic carbocycles. The minimum Gasteiger partial charge on any atom is -0.481 e. The van der Waals surface area contributed by atoms with Crippen LogP contribution in [0.2, 0.25) is 0 Å². The molecule has 21 heavy (non-hydrogen) atoms. The van der Waals surface area contributed by atoms with Gasteiger partial charge in [-0.15, -0.1) is 0 Å². The fourth-order valence-corrected chi connectivity index (χ4v) is 3.05. The lowest BCUT2D eigenvalue weighted by Crippen LogP contribution is -2.31. The maximum absolute atomic E-state index is 12.4. The number of aliphatic carboxylic acids is 1. The predicted octanol–water partition coefficient (Wildman–Crippen LogP) is 1.02. The number of aromatic nitrogens is 2. The molecule has 0 spiro atoms. The summed E-state index contributed by atoms with van der Waals surface area (Å²) < 4.78 is 1.85. The van der Waals surface area contributed by atoms with Gasteiger partial charge < -0.3 is 10.0 Å². The number of nitrogens with zero attached hydrogens (tertiary/aromatic N) is 3. The van der Waals surface area contributed by atoms with Gasteiger partial charge in [-0.05, 0) is 19.3 Å². The topological polar surface area (TPSA) is 75.4 Å². The van der Waals surface area contributed by atoms with E-state index in [2.05, 4.69) is 12.0 Å². The Bertz CT molecular complexity index is 551. The molecule has 1 aromatic heterocycles. The second-order valence-corrected chi connectivity index (χ2v) is 5.54.